The predicted molar refractivity (Wildman–Crippen MR) is 79.5 cm³/mol. The molecule has 0 spiro atoms. The monoisotopic (exact) mass is 292 g/mol. The van der Waals surface area contributed by atoms with E-state index in [2.05, 4.69) is 5.32 Å². The third-order valence-corrected chi connectivity index (χ3v) is 3.43. The summed E-state index contributed by atoms with van der Waals surface area (Å²) in [6.45, 7) is 5.31. The molecule has 0 aliphatic heterocycles. The number of hydrogen-bond donors (Lipinski definition) is 1. The van der Waals surface area contributed by atoms with Crippen molar-refractivity contribution in [3.63, 3.8) is 0 Å². The molecule has 1 aliphatic rings. The lowest BCUT2D eigenvalue weighted by molar-refractivity contribution is -0.385. The maximum absolute atomic E-state index is 11.9. The second-order valence-electron chi connectivity index (χ2n) is 6.25. The minimum absolute atomic E-state index is 0.0632. The molecule has 114 valence electrons. The molecular weight excluding hydrogens is 272 g/mol. The van der Waals surface area contributed by atoms with E-state index in [4.69, 9.17) is 4.74 Å². The summed E-state index contributed by atoms with van der Waals surface area (Å²) in [6, 6.07) is 4.74. The number of anilines is 1. The van der Waals surface area contributed by atoms with Gasteiger partial charge in [-0.1, -0.05) is 12.5 Å². The number of rotatable bonds is 3. The lowest BCUT2D eigenvalue weighted by Gasteiger charge is -2.28. The van der Waals surface area contributed by atoms with E-state index in [-0.39, 0.29) is 11.6 Å². The van der Waals surface area contributed by atoms with E-state index in [1.807, 2.05) is 0 Å². The van der Waals surface area contributed by atoms with Crippen LogP contribution in [0, 0.1) is 10.1 Å². The molecule has 21 heavy (non-hydrogen) atoms. The summed E-state index contributed by atoms with van der Waals surface area (Å²) < 4.78 is 5.21. The average molecular weight is 292 g/mol. The number of amides is 1. The third kappa shape index (κ3) is 3.71. The Morgan fingerprint density at radius 2 is 2.05 bits per heavy atom. The van der Waals surface area contributed by atoms with Crippen molar-refractivity contribution in [1.29, 1.82) is 0 Å². The van der Waals surface area contributed by atoms with Crippen LogP contribution in [0.5, 0.6) is 0 Å². The van der Waals surface area contributed by atoms with Gasteiger partial charge in [0.2, 0.25) is 0 Å². The number of ether oxygens (including phenoxy) is 1. The molecule has 2 rings (SSSR count). The van der Waals surface area contributed by atoms with Crippen molar-refractivity contribution in [2.24, 2.45) is 0 Å². The summed E-state index contributed by atoms with van der Waals surface area (Å²) >= 11 is 0. The number of nitrogens with one attached hydrogen (secondary N) is 1. The first-order valence-electron chi connectivity index (χ1n) is 7.05. The van der Waals surface area contributed by atoms with Gasteiger partial charge in [0.25, 0.3) is 5.69 Å². The standard InChI is InChI=1S/C15H20N2O4/c1-15(2,3)21-14(18)16-11-8-5-9-12(17(19)20)13(11)10-6-4-7-10/h5,8-10H,4,6-7H2,1-3H3,(H,16,18). The van der Waals surface area contributed by atoms with Crippen LogP contribution >= 0.6 is 0 Å². The van der Waals surface area contributed by atoms with E-state index in [9.17, 15) is 14.9 Å². The zero-order chi connectivity index (χ0) is 15.6. The molecule has 1 aromatic rings. The molecule has 0 unspecified atom stereocenters. The van der Waals surface area contributed by atoms with Crippen LogP contribution in [-0.2, 0) is 4.74 Å². The molecule has 1 saturated carbocycles. The van der Waals surface area contributed by atoms with E-state index in [1.54, 1.807) is 32.9 Å². The lowest BCUT2D eigenvalue weighted by Crippen LogP contribution is -2.28. The molecule has 0 atom stereocenters. The Kier molecular flexibility index (Phi) is 4.16. The summed E-state index contributed by atoms with van der Waals surface area (Å²) in [7, 11) is 0. The minimum Gasteiger partial charge on any atom is -0.444 e. The first kappa shape index (κ1) is 15.3. The number of nitrogens with zero attached hydrogens (tertiary/aromatic N) is 1. The normalized spacial score (nSPS) is 15.2. The molecule has 0 aromatic heterocycles. The van der Waals surface area contributed by atoms with Crippen molar-refractivity contribution < 1.29 is 14.5 Å². The van der Waals surface area contributed by atoms with Gasteiger partial charge in [-0.2, -0.15) is 0 Å². The van der Waals surface area contributed by atoms with Crippen LogP contribution in [0.3, 0.4) is 0 Å². The zero-order valence-electron chi connectivity index (χ0n) is 12.5. The average Bonchev–Trinajstić information content (AvgIpc) is 2.25. The largest absolute Gasteiger partial charge is 0.444 e. The smallest absolute Gasteiger partial charge is 0.412 e. The van der Waals surface area contributed by atoms with Crippen LogP contribution in [0.25, 0.3) is 0 Å². The Morgan fingerprint density at radius 3 is 2.52 bits per heavy atom. The van der Waals surface area contributed by atoms with Gasteiger partial charge in [-0.15, -0.1) is 0 Å². The number of nitro benzene ring substituents is 1. The van der Waals surface area contributed by atoms with E-state index in [0.29, 0.717) is 11.3 Å². The molecule has 0 saturated heterocycles. The highest BCUT2D eigenvalue weighted by Crippen LogP contribution is 2.44. The number of carbonyl (C=O) groups is 1. The Morgan fingerprint density at radius 1 is 1.38 bits per heavy atom. The highest BCUT2D eigenvalue weighted by molar-refractivity contribution is 5.87. The molecule has 6 heteroatoms. The fourth-order valence-electron chi connectivity index (χ4n) is 2.36. The summed E-state index contributed by atoms with van der Waals surface area (Å²) in [5, 5.41) is 13.8. The molecule has 1 aliphatic carbocycles. The van der Waals surface area contributed by atoms with Crippen LogP contribution in [0.15, 0.2) is 18.2 Å². The van der Waals surface area contributed by atoms with Gasteiger partial charge in [0.1, 0.15) is 5.60 Å². The summed E-state index contributed by atoms with van der Waals surface area (Å²) in [6.07, 6.45) is 2.29. The Balaban J connectivity index is 2.28. The second kappa shape index (κ2) is 5.71. The van der Waals surface area contributed by atoms with E-state index >= 15 is 0 Å². The van der Waals surface area contributed by atoms with Crippen LogP contribution < -0.4 is 5.32 Å². The van der Waals surface area contributed by atoms with Crippen molar-refractivity contribution in [3.8, 4) is 0 Å². The highest BCUT2D eigenvalue weighted by Gasteiger charge is 2.30. The summed E-state index contributed by atoms with van der Waals surface area (Å²) in [5.41, 5.74) is 0.539. The van der Waals surface area contributed by atoms with Crippen molar-refractivity contribution in [2.75, 3.05) is 5.32 Å². The SMILES string of the molecule is CC(C)(C)OC(=O)Nc1cccc([N+](=O)[O-])c1C1CCC1. The molecule has 1 N–H and O–H groups in total. The minimum atomic E-state index is -0.610. The molecule has 1 fully saturated rings. The first-order chi connectivity index (χ1) is 9.78. The summed E-state index contributed by atoms with van der Waals surface area (Å²) in [4.78, 5) is 22.7. The summed E-state index contributed by atoms with van der Waals surface area (Å²) in [5.74, 6) is 0.136. The Labute approximate surface area is 123 Å². The van der Waals surface area contributed by atoms with Gasteiger partial charge in [-0.3, -0.25) is 15.4 Å². The van der Waals surface area contributed by atoms with E-state index in [1.165, 1.54) is 6.07 Å². The molecule has 1 amide bonds. The van der Waals surface area contributed by atoms with Gasteiger partial charge in [-0.25, -0.2) is 4.79 Å². The van der Waals surface area contributed by atoms with Crippen molar-refractivity contribution in [2.45, 2.75) is 51.6 Å². The molecular formula is C15H20N2O4. The highest BCUT2D eigenvalue weighted by atomic mass is 16.6. The maximum atomic E-state index is 11.9. The second-order valence-corrected chi connectivity index (χ2v) is 6.25. The predicted octanol–water partition coefficient (Wildman–Crippen LogP) is 4.21. The number of carbonyl (C=O) groups excluding carboxylic acids is 1. The van der Waals surface area contributed by atoms with Crippen molar-refractivity contribution in [3.05, 3.63) is 33.9 Å². The fourth-order valence-corrected chi connectivity index (χ4v) is 2.36. The van der Waals surface area contributed by atoms with Gasteiger partial charge in [-0.05, 0) is 45.6 Å². The van der Waals surface area contributed by atoms with Crippen LogP contribution in [-0.4, -0.2) is 16.6 Å². The molecule has 0 radical (unpaired) electrons. The van der Waals surface area contributed by atoms with Gasteiger partial charge in [0, 0.05) is 6.07 Å². The van der Waals surface area contributed by atoms with Gasteiger partial charge in [0.15, 0.2) is 0 Å². The Bertz CT molecular complexity index is 559. The fraction of sp³-hybridized carbons (Fsp3) is 0.533. The first-order valence-corrected chi connectivity index (χ1v) is 7.05. The third-order valence-electron chi connectivity index (χ3n) is 3.43. The Hall–Kier alpha value is -2.11. The van der Waals surface area contributed by atoms with E-state index < -0.39 is 16.6 Å². The van der Waals surface area contributed by atoms with Crippen LogP contribution in [0.1, 0.15) is 51.5 Å². The quantitative estimate of drug-likeness (QED) is 0.668. The molecule has 0 bridgehead atoms. The molecule has 1 aromatic carbocycles. The zero-order valence-corrected chi connectivity index (χ0v) is 12.5. The van der Waals surface area contributed by atoms with E-state index in [0.717, 1.165) is 19.3 Å². The number of nitro groups is 1. The molecule has 0 heterocycles. The van der Waals surface area contributed by atoms with Gasteiger partial charge < -0.3 is 4.74 Å². The number of benzene rings is 1. The van der Waals surface area contributed by atoms with Crippen LogP contribution in [0.2, 0.25) is 0 Å². The topological polar surface area (TPSA) is 81.5 Å². The van der Waals surface area contributed by atoms with Crippen molar-refractivity contribution in [1.82, 2.24) is 0 Å². The van der Waals surface area contributed by atoms with Crippen LogP contribution in [0.4, 0.5) is 16.2 Å². The van der Waals surface area contributed by atoms with Gasteiger partial charge in [0.05, 0.1) is 16.2 Å². The lowest BCUT2D eigenvalue weighted by atomic mass is 9.78. The maximum Gasteiger partial charge on any atom is 0.412 e. The number of hydrogen-bond acceptors (Lipinski definition) is 4. The molecule has 6 nitrogen and oxygen atoms in total. The van der Waals surface area contributed by atoms with Crippen molar-refractivity contribution >= 4 is 17.5 Å². The van der Waals surface area contributed by atoms with Gasteiger partial charge >= 0.3 is 6.09 Å².